The summed E-state index contributed by atoms with van der Waals surface area (Å²) in [6.07, 6.45) is 4.17. The summed E-state index contributed by atoms with van der Waals surface area (Å²) >= 11 is 0. The highest BCUT2D eigenvalue weighted by atomic mass is 16.5. The van der Waals surface area contributed by atoms with E-state index in [1.165, 1.54) is 0 Å². The fourth-order valence-corrected chi connectivity index (χ4v) is 1.95. The molecule has 3 nitrogen and oxygen atoms in total. The molecule has 0 saturated carbocycles. The summed E-state index contributed by atoms with van der Waals surface area (Å²) < 4.78 is 11.1. The van der Waals surface area contributed by atoms with Gasteiger partial charge in [0.25, 0.3) is 0 Å². The smallest absolute Gasteiger partial charge is 0.0838 e. The maximum Gasteiger partial charge on any atom is 0.0838 e. The van der Waals surface area contributed by atoms with Crippen LogP contribution in [-0.4, -0.2) is 36.6 Å². The number of aliphatic hydroxyl groups is 1. The molecule has 1 N–H and O–H groups in total. The van der Waals surface area contributed by atoms with Crippen LogP contribution in [0.1, 0.15) is 25.7 Å². The van der Waals surface area contributed by atoms with Gasteiger partial charge in [-0.15, -0.1) is 0 Å². The summed E-state index contributed by atoms with van der Waals surface area (Å²) in [6, 6.07) is 0. The van der Waals surface area contributed by atoms with Gasteiger partial charge in [0.05, 0.1) is 24.9 Å². The maximum atomic E-state index is 9.36. The van der Waals surface area contributed by atoms with E-state index in [-0.39, 0.29) is 18.3 Å². The molecule has 0 radical (unpaired) electrons. The zero-order valence-corrected chi connectivity index (χ0v) is 7.24. The van der Waals surface area contributed by atoms with Gasteiger partial charge in [0.2, 0.25) is 0 Å². The molecule has 3 atom stereocenters. The van der Waals surface area contributed by atoms with Crippen LogP contribution in [0, 0.1) is 0 Å². The molecule has 12 heavy (non-hydrogen) atoms. The minimum atomic E-state index is -0.279. The van der Waals surface area contributed by atoms with E-state index in [0.717, 1.165) is 32.3 Å². The van der Waals surface area contributed by atoms with E-state index in [1.807, 2.05) is 0 Å². The number of hydrogen-bond donors (Lipinski definition) is 1. The average Bonchev–Trinajstić information content (AvgIpc) is 2.29. The first-order valence-corrected chi connectivity index (χ1v) is 4.77. The Morgan fingerprint density at radius 1 is 1.00 bits per heavy atom. The summed E-state index contributed by atoms with van der Waals surface area (Å²) in [4.78, 5) is 0. The molecular weight excluding hydrogens is 156 g/mol. The first-order valence-electron chi connectivity index (χ1n) is 4.77. The van der Waals surface area contributed by atoms with Crippen LogP contribution in [0.5, 0.6) is 0 Å². The molecule has 2 heterocycles. The van der Waals surface area contributed by atoms with Gasteiger partial charge in [-0.1, -0.05) is 0 Å². The number of fused-ring (bicyclic) bond motifs is 1. The van der Waals surface area contributed by atoms with E-state index in [0.29, 0.717) is 6.61 Å². The van der Waals surface area contributed by atoms with Crippen LogP contribution in [-0.2, 0) is 9.47 Å². The van der Waals surface area contributed by atoms with E-state index in [1.54, 1.807) is 0 Å². The third-order valence-electron chi connectivity index (χ3n) is 2.67. The molecule has 0 spiro atoms. The molecule has 70 valence electrons. The maximum absolute atomic E-state index is 9.36. The molecule has 0 aliphatic carbocycles. The number of ether oxygens (including phenoxy) is 2. The summed E-state index contributed by atoms with van der Waals surface area (Å²) in [7, 11) is 0. The average molecular weight is 172 g/mol. The standard InChI is InChI=1S/C9H16O3/c10-7-3-4-9-8(12-6-7)2-1-5-11-9/h7-10H,1-6H2/t7-,8+,9-/m0/s1. The van der Waals surface area contributed by atoms with Gasteiger partial charge in [-0.3, -0.25) is 0 Å². The molecule has 0 unspecified atom stereocenters. The van der Waals surface area contributed by atoms with Crippen LogP contribution >= 0.6 is 0 Å². The zero-order valence-electron chi connectivity index (χ0n) is 7.24. The third-order valence-corrected chi connectivity index (χ3v) is 2.67. The van der Waals surface area contributed by atoms with Crippen molar-refractivity contribution in [2.75, 3.05) is 13.2 Å². The van der Waals surface area contributed by atoms with Crippen LogP contribution in [0.25, 0.3) is 0 Å². The Bertz CT molecular complexity index is 133. The molecule has 0 aromatic heterocycles. The van der Waals surface area contributed by atoms with Crippen LogP contribution < -0.4 is 0 Å². The number of rotatable bonds is 0. The summed E-state index contributed by atoms with van der Waals surface area (Å²) in [5.41, 5.74) is 0. The minimum Gasteiger partial charge on any atom is -0.391 e. The molecule has 0 amide bonds. The second-order valence-electron chi connectivity index (χ2n) is 3.65. The molecule has 2 fully saturated rings. The molecule has 0 bridgehead atoms. The van der Waals surface area contributed by atoms with Gasteiger partial charge in [-0.05, 0) is 25.7 Å². The first-order chi connectivity index (χ1) is 5.86. The van der Waals surface area contributed by atoms with Gasteiger partial charge in [-0.25, -0.2) is 0 Å². The van der Waals surface area contributed by atoms with Crippen molar-refractivity contribution >= 4 is 0 Å². The lowest BCUT2D eigenvalue weighted by Gasteiger charge is -2.29. The Kier molecular flexibility index (Phi) is 2.63. The molecular formula is C9H16O3. The van der Waals surface area contributed by atoms with Gasteiger partial charge in [0.1, 0.15) is 0 Å². The molecule has 2 saturated heterocycles. The second-order valence-corrected chi connectivity index (χ2v) is 3.65. The van der Waals surface area contributed by atoms with E-state index in [9.17, 15) is 5.11 Å². The van der Waals surface area contributed by atoms with Gasteiger partial charge in [0, 0.05) is 6.61 Å². The normalized spacial score (nSPS) is 43.2. The first kappa shape index (κ1) is 8.48. The van der Waals surface area contributed by atoms with Crippen molar-refractivity contribution in [1.82, 2.24) is 0 Å². The summed E-state index contributed by atoms with van der Waals surface area (Å²) in [5.74, 6) is 0. The lowest BCUT2D eigenvalue weighted by molar-refractivity contribution is -0.102. The summed E-state index contributed by atoms with van der Waals surface area (Å²) in [6.45, 7) is 1.35. The van der Waals surface area contributed by atoms with E-state index < -0.39 is 0 Å². The predicted octanol–water partition coefficient (Wildman–Crippen LogP) is 0.705. The van der Waals surface area contributed by atoms with E-state index >= 15 is 0 Å². The van der Waals surface area contributed by atoms with Gasteiger partial charge in [-0.2, -0.15) is 0 Å². The molecule has 2 aliphatic rings. The fourth-order valence-electron chi connectivity index (χ4n) is 1.95. The molecule has 0 aromatic rings. The highest BCUT2D eigenvalue weighted by Crippen LogP contribution is 2.24. The van der Waals surface area contributed by atoms with Crippen LogP contribution in [0.4, 0.5) is 0 Å². The molecule has 2 aliphatic heterocycles. The van der Waals surface area contributed by atoms with Gasteiger partial charge in [0.15, 0.2) is 0 Å². The quantitative estimate of drug-likeness (QED) is 0.584. The fraction of sp³-hybridized carbons (Fsp3) is 1.00. The van der Waals surface area contributed by atoms with Crippen LogP contribution in [0.2, 0.25) is 0 Å². The zero-order chi connectivity index (χ0) is 8.39. The molecule has 3 heteroatoms. The van der Waals surface area contributed by atoms with Crippen molar-refractivity contribution in [2.24, 2.45) is 0 Å². The number of hydrogen-bond acceptors (Lipinski definition) is 3. The summed E-state index contributed by atoms with van der Waals surface area (Å²) in [5, 5.41) is 9.36. The largest absolute Gasteiger partial charge is 0.391 e. The Balaban J connectivity index is 1.94. The van der Waals surface area contributed by atoms with Crippen molar-refractivity contribution in [1.29, 1.82) is 0 Å². The third kappa shape index (κ3) is 1.79. The van der Waals surface area contributed by atoms with Crippen molar-refractivity contribution in [3.8, 4) is 0 Å². The SMILES string of the molecule is O[C@H]1CC[C@@H]2OCCC[C@H]2OC1. The highest BCUT2D eigenvalue weighted by molar-refractivity contribution is 4.79. The van der Waals surface area contributed by atoms with Crippen molar-refractivity contribution < 1.29 is 14.6 Å². The minimum absolute atomic E-state index is 0.246. The monoisotopic (exact) mass is 172 g/mol. The Hall–Kier alpha value is -0.120. The molecule has 0 aromatic carbocycles. The lowest BCUT2D eigenvalue weighted by atomic mass is 10.0. The highest BCUT2D eigenvalue weighted by Gasteiger charge is 2.30. The van der Waals surface area contributed by atoms with Crippen LogP contribution in [0.15, 0.2) is 0 Å². The van der Waals surface area contributed by atoms with Crippen molar-refractivity contribution in [3.63, 3.8) is 0 Å². The van der Waals surface area contributed by atoms with Crippen molar-refractivity contribution in [2.45, 2.75) is 44.0 Å². The number of aliphatic hydroxyl groups excluding tert-OH is 1. The Morgan fingerprint density at radius 3 is 2.75 bits per heavy atom. The topological polar surface area (TPSA) is 38.7 Å². The Morgan fingerprint density at radius 2 is 1.83 bits per heavy atom. The molecule has 2 rings (SSSR count). The lowest BCUT2D eigenvalue weighted by Crippen LogP contribution is -2.34. The predicted molar refractivity (Wildman–Crippen MR) is 44.0 cm³/mol. The second kappa shape index (κ2) is 3.73. The Labute approximate surface area is 72.7 Å². The van der Waals surface area contributed by atoms with Crippen molar-refractivity contribution in [3.05, 3.63) is 0 Å². The van der Waals surface area contributed by atoms with Gasteiger partial charge < -0.3 is 14.6 Å². The van der Waals surface area contributed by atoms with E-state index in [4.69, 9.17) is 9.47 Å². The van der Waals surface area contributed by atoms with Gasteiger partial charge >= 0.3 is 0 Å². The van der Waals surface area contributed by atoms with Crippen LogP contribution in [0.3, 0.4) is 0 Å². The van der Waals surface area contributed by atoms with E-state index in [2.05, 4.69) is 0 Å².